The number of hydrogen-bond acceptors (Lipinski definition) is 4. The summed E-state index contributed by atoms with van der Waals surface area (Å²) in [4.78, 5) is 19.2. The Balaban J connectivity index is 1.33. The number of hydrogen-bond donors (Lipinski definition) is 1. The summed E-state index contributed by atoms with van der Waals surface area (Å²) in [6.07, 6.45) is 4.19. The van der Waals surface area contributed by atoms with Gasteiger partial charge < -0.3 is 15.0 Å². The third-order valence-corrected chi connectivity index (χ3v) is 6.81. The molecule has 2 amide bonds. The largest absolute Gasteiger partial charge is 0.376 e. The number of fused-ring (bicyclic) bond motifs is 1. The second-order valence-electron chi connectivity index (χ2n) is 7.22. The number of amides is 2. The SMILES string of the molecule is CC(NC(=O)N1CCC(c2nc3cc(Cl)ccc3s2)CC1)C1CCCO1. The van der Waals surface area contributed by atoms with Gasteiger partial charge in [-0.25, -0.2) is 9.78 Å². The molecule has 2 aromatic rings. The fraction of sp³-hybridized carbons (Fsp3) is 0.579. The molecule has 1 aromatic heterocycles. The van der Waals surface area contributed by atoms with Crippen LogP contribution in [-0.4, -0.2) is 47.8 Å². The van der Waals surface area contributed by atoms with Gasteiger partial charge in [0.05, 0.1) is 27.4 Å². The number of piperidine rings is 1. The Bertz CT molecular complexity index is 782. The van der Waals surface area contributed by atoms with E-state index in [1.807, 2.05) is 30.0 Å². The smallest absolute Gasteiger partial charge is 0.317 e. The number of halogens is 1. The number of thiazole rings is 1. The monoisotopic (exact) mass is 393 g/mol. The van der Waals surface area contributed by atoms with Gasteiger partial charge in [0.2, 0.25) is 0 Å². The molecule has 2 atom stereocenters. The molecule has 2 fully saturated rings. The number of ether oxygens (including phenoxy) is 1. The Morgan fingerprint density at radius 2 is 2.19 bits per heavy atom. The van der Waals surface area contributed by atoms with Crippen molar-refractivity contribution in [3.8, 4) is 0 Å². The van der Waals surface area contributed by atoms with E-state index in [0.29, 0.717) is 5.92 Å². The predicted octanol–water partition coefficient (Wildman–Crippen LogP) is 4.41. The highest BCUT2D eigenvalue weighted by Gasteiger charge is 2.29. The molecule has 26 heavy (non-hydrogen) atoms. The van der Waals surface area contributed by atoms with Crippen LogP contribution in [0.3, 0.4) is 0 Å². The normalized spacial score (nSPS) is 22.7. The van der Waals surface area contributed by atoms with Crippen LogP contribution >= 0.6 is 22.9 Å². The Hall–Kier alpha value is -1.37. The minimum Gasteiger partial charge on any atom is -0.376 e. The number of nitrogens with zero attached hydrogens (tertiary/aromatic N) is 2. The highest BCUT2D eigenvalue weighted by atomic mass is 35.5. The average Bonchev–Trinajstić information content (AvgIpc) is 3.31. The number of nitrogens with one attached hydrogen (secondary N) is 1. The molecule has 2 aliphatic rings. The molecule has 0 spiro atoms. The topological polar surface area (TPSA) is 54.5 Å². The molecule has 1 N–H and O–H groups in total. The number of aromatic nitrogens is 1. The molecule has 5 nitrogen and oxygen atoms in total. The minimum atomic E-state index is 0.0301. The zero-order chi connectivity index (χ0) is 18.1. The maximum absolute atomic E-state index is 12.5. The summed E-state index contributed by atoms with van der Waals surface area (Å²) in [5.41, 5.74) is 0.975. The van der Waals surface area contributed by atoms with Gasteiger partial charge in [0.25, 0.3) is 0 Å². The highest BCUT2D eigenvalue weighted by molar-refractivity contribution is 7.18. The molecule has 2 unspecified atom stereocenters. The van der Waals surface area contributed by atoms with E-state index in [-0.39, 0.29) is 18.2 Å². The molecular weight excluding hydrogens is 370 g/mol. The molecule has 2 aliphatic heterocycles. The number of urea groups is 1. The minimum absolute atomic E-state index is 0.0301. The van der Waals surface area contributed by atoms with Gasteiger partial charge >= 0.3 is 6.03 Å². The molecule has 140 valence electrons. The molecule has 1 aromatic carbocycles. The zero-order valence-corrected chi connectivity index (χ0v) is 16.5. The summed E-state index contributed by atoms with van der Waals surface area (Å²) in [5.74, 6) is 0.422. The summed E-state index contributed by atoms with van der Waals surface area (Å²) < 4.78 is 6.84. The van der Waals surface area contributed by atoms with E-state index in [0.717, 1.165) is 60.9 Å². The Morgan fingerprint density at radius 1 is 1.38 bits per heavy atom. The lowest BCUT2D eigenvalue weighted by Crippen LogP contribution is -2.49. The third-order valence-electron chi connectivity index (χ3n) is 5.37. The summed E-state index contributed by atoms with van der Waals surface area (Å²) in [6, 6.07) is 5.97. The number of rotatable bonds is 3. The van der Waals surface area contributed by atoms with E-state index < -0.39 is 0 Å². The summed E-state index contributed by atoms with van der Waals surface area (Å²) in [5, 5.41) is 4.99. The maximum atomic E-state index is 12.5. The molecular formula is C19H24ClN3O2S. The maximum Gasteiger partial charge on any atom is 0.317 e. The first-order valence-corrected chi connectivity index (χ1v) is 10.5. The Labute approximate surface area is 162 Å². The lowest BCUT2D eigenvalue weighted by molar-refractivity contribution is 0.0824. The van der Waals surface area contributed by atoms with Gasteiger partial charge in [-0.2, -0.15) is 0 Å². The fourth-order valence-corrected chi connectivity index (χ4v) is 5.08. The quantitative estimate of drug-likeness (QED) is 0.840. The summed E-state index contributed by atoms with van der Waals surface area (Å²) >= 11 is 7.81. The van der Waals surface area contributed by atoms with Crippen LogP contribution < -0.4 is 5.32 Å². The highest BCUT2D eigenvalue weighted by Crippen LogP contribution is 2.34. The van der Waals surface area contributed by atoms with Crippen LogP contribution in [-0.2, 0) is 4.74 Å². The van der Waals surface area contributed by atoms with E-state index in [9.17, 15) is 4.79 Å². The molecule has 0 bridgehead atoms. The van der Waals surface area contributed by atoms with Crippen molar-refractivity contribution >= 4 is 39.2 Å². The van der Waals surface area contributed by atoms with E-state index in [2.05, 4.69) is 5.32 Å². The lowest BCUT2D eigenvalue weighted by atomic mass is 9.98. The lowest BCUT2D eigenvalue weighted by Gasteiger charge is -2.32. The van der Waals surface area contributed by atoms with Crippen molar-refractivity contribution < 1.29 is 9.53 Å². The number of likely N-dealkylation sites (tertiary alicyclic amines) is 1. The van der Waals surface area contributed by atoms with Crippen molar-refractivity contribution in [3.63, 3.8) is 0 Å². The molecule has 0 radical (unpaired) electrons. The van der Waals surface area contributed by atoms with Gasteiger partial charge in [-0.1, -0.05) is 11.6 Å². The molecule has 3 heterocycles. The van der Waals surface area contributed by atoms with Gasteiger partial charge in [-0.3, -0.25) is 0 Å². The number of carbonyl (C=O) groups excluding carboxylic acids is 1. The third kappa shape index (κ3) is 3.82. The molecule has 0 saturated carbocycles. The van der Waals surface area contributed by atoms with Crippen LogP contribution in [0.1, 0.15) is 43.5 Å². The van der Waals surface area contributed by atoms with Gasteiger partial charge in [-0.15, -0.1) is 11.3 Å². The van der Waals surface area contributed by atoms with Crippen molar-refractivity contribution in [2.45, 2.75) is 50.7 Å². The van der Waals surface area contributed by atoms with Crippen molar-refractivity contribution in [3.05, 3.63) is 28.2 Å². The van der Waals surface area contributed by atoms with Crippen LogP contribution in [0, 0.1) is 0 Å². The van der Waals surface area contributed by atoms with Gasteiger partial charge in [0.15, 0.2) is 0 Å². The Morgan fingerprint density at radius 3 is 2.92 bits per heavy atom. The van der Waals surface area contributed by atoms with Gasteiger partial charge in [-0.05, 0) is 50.8 Å². The summed E-state index contributed by atoms with van der Waals surface area (Å²) in [7, 11) is 0. The standard InChI is InChI=1S/C19H24ClN3O2S/c1-12(16-3-2-10-25-16)21-19(24)23-8-6-13(7-9-23)18-22-15-11-14(20)4-5-17(15)26-18/h4-5,11-13,16H,2-3,6-10H2,1H3,(H,21,24). The van der Waals surface area contributed by atoms with Crippen LogP contribution in [0.25, 0.3) is 10.2 Å². The first-order chi connectivity index (χ1) is 12.6. The van der Waals surface area contributed by atoms with Gasteiger partial charge in [0, 0.05) is 30.6 Å². The van der Waals surface area contributed by atoms with Crippen molar-refractivity contribution in [1.82, 2.24) is 15.2 Å². The second-order valence-corrected chi connectivity index (χ2v) is 8.71. The van der Waals surface area contributed by atoms with Crippen LogP contribution in [0.15, 0.2) is 18.2 Å². The van der Waals surface area contributed by atoms with Crippen molar-refractivity contribution in [2.24, 2.45) is 0 Å². The second kappa shape index (κ2) is 7.71. The molecule has 0 aliphatic carbocycles. The number of benzene rings is 1. The van der Waals surface area contributed by atoms with Gasteiger partial charge in [0.1, 0.15) is 0 Å². The molecule has 7 heteroatoms. The molecule has 2 saturated heterocycles. The average molecular weight is 394 g/mol. The van der Waals surface area contributed by atoms with Crippen LogP contribution in [0.5, 0.6) is 0 Å². The Kier molecular flexibility index (Phi) is 5.34. The van der Waals surface area contributed by atoms with E-state index in [4.69, 9.17) is 21.3 Å². The van der Waals surface area contributed by atoms with Crippen molar-refractivity contribution in [1.29, 1.82) is 0 Å². The summed E-state index contributed by atoms with van der Waals surface area (Å²) in [6.45, 7) is 4.38. The van der Waals surface area contributed by atoms with Crippen LogP contribution in [0.4, 0.5) is 4.79 Å². The van der Waals surface area contributed by atoms with Crippen molar-refractivity contribution in [2.75, 3.05) is 19.7 Å². The fourth-order valence-electron chi connectivity index (χ4n) is 3.80. The predicted molar refractivity (Wildman–Crippen MR) is 105 cm³/mol. The number of carbonyl (C=O) groups is 1. The van der Waals surface area contributed by atoms with E-state index >= 15 is 0 Å². The van der Waals surface area contributed by atoms with E-state index in [1.165, 1.54) is 4.70 Å². The van der Waals surface area contributed by atoms with E-state index in [1.54, 1.807) is 11.3 Å². The van der Waals surface area contributed by atoms with Crippen LogP contribution in [0.2, 0.25) is 5.02 Å². The first kappa shape index (κ1) is 18.0. The zero-order valence-electron chi connectivity index (χ0n) is 14.9. The first-order valence-electron chi connectivity index (χ1n) is 9.33. The molecule has 4 rings (SSSR count).